The highest BCUT2D eigenvalue weighted by Gasteiger charge is 2.05. The van der Waals surface area contributed by atoms with Crippen molar-refractivity contribution in [3.05, 3.63) is 58.5 Å². The van der Waals surface area contributed by atoms with Crippen LogP contribution in [-0.4, -0.2) is 16.1 Å². The molecule has 0 unspecified atom stereocenters. The average molecular weight is 297 g/mol. The summed E-state index contributed by atoms with van der Waals surface area (Å²) in [5.74, 6) is 0.890. The molecule has 0 saturated heterocycles. The van der Waals surface area contributed by atoms with Gasteiger partial charge in [0.1, 0.15) is 5.75 Å². The van der Waals surface area contributed by atoms with Crippen molar-refractivity contribution < 1.29 is 4.74 Å². The van der Waals surface area contributed by atoms with E-state index in [0.717, 1.165) is 28.0 Å². The van der Waals surface area contributed by atoms with Crippen LogP contribution < -0.4 is 15.7 Å². The van der Waals surface area contributed by atoms with Crippen LogP contribution in [0.15, 0.2) is 47.3 Å². The van der Waals surface area contributed by atoms with Gasteiger partial charge in [-0.2, -0.15) is 0 Å². The molecule has 0 spiro atoms. The maximum Gasteiger partial charge on any atom is 0.323 e. The molecule has 0 bridgehead atoms. The molecule has 0 fully saturated rings. The third-order valence-electron chi connectivity index (χ3n) is 3.33. The van der Waals surface area contributed by atoms with Crippen molar-refractivity contribution in [3.63, 3.8) is 0 Å². The van der Waals surface area contributed by atoms with E-state index in [9.17, 15) is 4.79 Å². The molecule has 0 saturated carbocycles. The summed E-state index contributed by atoms with van der Waals surface area (Å²) in [5, 5.41) is 3.36. The topological polar surface area (TPSA) is 69.9 Å². The number of nitrogens with one attached hydrogen (secondary N) is 3. The zero-order chi connectivity index (χ0) is 15.5. The van der Waals surface area contributed by atoms with Gasteiger partial charge in [0, 0.05) is 17.8 Å². The van der Waals surface area contributed by atoms with Crippen molar-refractivity contribution in [2.75, 3.05) is 5.32 Å². The number of imidazole rings is 1. The summed E-state index contributed by atoms with van der Waals surface area (Å²) in [6.07, 6.45) is 0.141. The van der Waals surface area contributed by atoms with Gasteiger partial charge in [0.15, 0.2) is 0 Å². The highest BCUT2D eigenvalue weighted by Crippen LogP contribution is 2.21. The van der Waals surface area contributed by atoms with Gasteiger partial charge in [0.05, 0.1) is 17.1 Å². The van der Waals surface area contributed by atoms with Gasteiger partial charge >= 0.3 is 5.69 Å². The predicted molar refractivity (Wildman–Crippen MR) is 88.5 cm³/mol. The molecule has 3 aromatic rings. The number of aromatic nitrogens is 2. The van der Waals surface area contributed by atoms with E-state index in [2.05, 4.69) is 15.3 Å². The van der Waals surface area contributed by atoms with E-state index in [1.54, 1.807) is 0 Å². The largest absolute Gasteiger partial charge is 0.491 e. The van der Waals surface area contributed by atoms with Crippen LogP contribution in [0, 0.1) is 0 Å². The van der Waals surface area contributed by atoms with Crippen LogP contribution in [-0.2, 0) is 6.54 Å². The van der Waals surface area contributed by atoms with Crippen LogP contribution in [0.25, 0.3) is 11.0 Å². The molecule has 5 heteroatoms. The number of para-hydroxylation sites is 1. The van der Waals surface area contributed by atoms with Crippen LogP contribution in [0.4, 0.5) is 5.69 Å². The van der Waals surface area contributed by atoms with Crippen molar-refractivity contribution in [1.29, 1.82) is 0 Å². The van der Waals surface area contributed by atoms with Crippen LogP contribution in [0.1, 0.15) is 19.4 Å². The molecule has 0 radical (unpaired) electrons. The summed E-state index contributed by atoms with van der Waals surface area (Å²) < 4.78 is 5.81. The molecule has 1 heterocycles. The molecular weight excluding hydrogens is 278 g/mol. The van der Waals surface area contributed by atoms with Crippen molar-refractivity contribution >= 4 is 16.7 Å². The van der Waals surface area contributed by atoms with E-state index in [1.807, 2.05) is 56.3 Å². The highest BCUT2D eigenvalue weighted by atomic mass is 16.5. The Labute approximate surface area is 128 Å². The molecule has 22 heavy (non-hydrogen) atoms. The first kappa shape index (κ1) is 14.3. The van der Waals surface area contributed by atoms with Gasteiger partial charge in [-0.15, -0.1) is 0 Å². The van der Waals surface area contributed by atoms with Gasteiger partial charge in [0.2, 0.25) is 0 Å². The van der Waals surface area contributed by atoms with Gasteiger partial charge in [-0.1, -0.05) is 18.2 Å². The van der Waals surface area contributed by atoms with Gasteiger partial charge in [0.25, 0.3) is 0 Å². The Morgan fingerprint density at radius 2 is 1.86 bits per heavy atom. The lowest BCUT2D eigenvalue weighted by atomic mass is 10.2. The summed E-state index contributed by atoms with van der Waals surface area (Å²) in [7, 11) is 0. The Morgan fingerprint density at radius 1 is 1.09 bits per heavy atom. The lowest BCUT2D eigenvalue weighted by molar-refractivity contribution is 0.240. The van der Waals surface area contributed by atoms with E-state index in [-0.39, 0.29) is 11.8 Å². The monoisotopic (exact) mass is 297 g/mol. The summed E-state index contributed by atoms with van der Waals surface area (Å²) >= 11 is 0. The minimum atomic E-state index is -0.192. The van der Waals surface area contributed by atoms with Crippen molar-refractivity contribution in [2.45, 2.75) is 26.5 Å². The Hall–Kier alpha value is -2.69. The minimum absolute atomic E-state index is 0.141. The minimum Gasteiger partial charge on any atom is -0.491 e. The number of fused-ring (bicyclic) bond motifs is 1. The molecular formula is C17H19N3O2. The van der Waals surface area contributed by atoms with Crippen molar-refractivity contribution in [3.8, 4) is 5.75 Å². The second-order valence-corrected chi connectivity index (χ2v) is 5.47. The molecule has 5 nitrogen and oxygen atoms in total. The first-order chi connectivity index (χ1) is 10.6. The van der Waals surface area contributed by atoms with Crippen LogP contribution in [0.3, 0.4) is 0 Å². The molecule has 2 aromatic carbocycles. The zero-order valence-electron chi connectivity index (χ0n) is 12.6. The average Bonchev–Trinajstić information content (AvgIpc) is 2.85. The second-order valence-electron chi connectivity index (χ2n) is 5.47. The van der Waals surface area contributed by atoms with E-state index in [4.69, 9.17) is 4.74 Å². The third kappa shape index (κ3) is 3.14. The Morgan fingerprint density at radius 3 is 2.68 bits per heavy atom. The number of ether oxygens (including phenoxy) is 1. The Balaban J connectivity index is 1.77. The standard InChI is InChI=1S/C17H19N3O2/c1-11(2)22-16-6-4-3-5-12(16)10-18-13-7-8-14-15(9-13)20-17(21)19-14/h3-9,11,18H,10H2,1-2H3,(H2,19,20,21). The maximum atomic E-state index is 11.3. The summed E-state index contributed by atoms with van der Waals surface area (Å²) in [5.41, 5.74) is 3.45. The molecule has 0 amide bonds. The van der Waals surface area contributed by atoms with Gasteiger partial charge in [-0.05, 0) is 38.1 Å². The first-order valence-corrected chi connectivity index (χ1v) is 7.32. The molecule has 0 aliphatic heterocycles. The lowest BCUT2D eigenvalue weighted by Crippen LogP contribution is -2.09. The third-order valence-corrected chi connectivity index (χ3v) is 3.33. The van der Waals surface area contributed by atoms with Gasteiger partial charge in [-0.25, -0.2) is 4.79 Å². The number of hydrogen-bond acceptors (Lipinski definition) is 3. The van der Waals surface area contributed by atoms with Crippen LogP contribution in [0.5, 0.6) is 5.75 Å². The fourth-order valence-corrected chi connectivity index (χ4v) is 2.36. The second kappa shape index (κ2) is 5.97. The maximum absolute atomic E-state index is 11.3. The van der Waals surface area contributed by atoms with Gasteiger partial charge < -0.3 is 20.0 Å². The van der Waals surface area contributed by atoms with Gasteiger partial charge in [-0.3, -0.25) is 0 Å². The fourth-order valence-electron chi connectivity index (χ4n) is 2.36. The van der Waals surface area contributed by atoms with E-state index >= 15 is 0 Å². The van der Waals surface area contributed by atoms with E-state index in [0.29, 0.717) is 6.54 Å². The summed E-state index contributed by atoms with van der Waals surface area (Å²) in [6, 6.07) is 13.7. The smallest absolute Gasteiger partial charge is 0.323 e. The SMILES string of the molecule is CC(C)Oc1ccccc1CNc1ccc2[nH]c(=O)[nH]c2c1. The zero-order valence-corrected chi connectivity index (χ0v) is 12.6. The summed E-state index contributed by atoms with van der Waals surface area (Å²) in [4.78, 5) is 16.8. The molecule has 114 valence electrons. The van der Waals surface area contributed by atoms with E-state index in [1.165, 1.54) is 0 Å². The molecule has 0 aliphatic rings. The number of aromatic amines is 2. The van der Waals surface area contributed by atoms with E-state index < -0.39 is 0 Å². The van der Waals surface area contributed by atoms with Crippen LogP contribution in [0.2, 0.25) is 0 Å². The predicted octanol–water partition coefficient (Wildman–Crippen LogP) is 3.26. The highest BCUT2D eigenvalue weighted by molar-refractivity contribution is 5.78. The molecule has 3 rings (SSSR count). The lowest BCUT2D eigenvalue weighted by Gasteiger charge is -2.15. The molecule has 3 N–H and O–H groups in total. The van der Waals surface area contributed by atoms with Crippen molar-refractivity contribution in [2.24, 2.45) is 0 Å². The first-order valence-electron chi connectivity index (χ1n) is 7.32. The quantitative estimate of drug-likeness (QED) is 0.677. The van der Waals surface area contributed by atoms with Crippen molar-refractivity contribution in [1.82, 2.24) is 9.97 Å². The Bertz CT molecular complexity index is 833. The summed E-state index contributed by atoms with van der Waals surface area (Å²) in [6.45, 7) is 4.68. The number of hydrogen-bond donors (Lipinski definition) is 3. The number of rotatable bonds is 5. The molecule has 1 aromatic heterocycles. The fraction of sp³-hybridized carbons (Fsp3) is 0.235. The number of H-pyrrole nitrogens is 2. The van der Waals surface area contributed by atoms with Crippen LogP contribution >= 0.6 is 0 Å². The molecule has 0 aliphatic carbocycles. The normalized spacial score (nSPS) is 11.0. The molecule has 0 atom stereocenters. The number of benzene rings is 2. The Kier molecular flexibility index (Phi) is 3.87. The number of anilines is 1.